The fraction of sp³-hybridized carbons (Fsp3) is 1.00. The van der Waals surface area contributed by atoms with Crippen LogP contribution < -0.4 is 5.73 Å². The van der Waals surface area contributed by atoms with E-state index < -0.39 is 0 Å². The lowest BCUT2D eigenvalue weighted by Crippen LogP contribution is -2.40. The number of rotatable bonds is 3. The van der Waals surface area contributed by atoms with Gasteiger partial charge in [-0.25, -0.2) is 0 Å². The first-order chi connectivity index (χ1) is 4.33. The van der Waals surface area contributed by atoms with Crippen LogP contribution in [0.25, 0.3) is 0 Å². The topological polar surface area (TPSA) is 35.2 Å². The maximum Gasteiger partial charge on any atom is 0.0530 e. The van der Waals surface area contributed by atoms with Gasteiger partial charge in [-0.2, -0.15) is 0 Å². The molecule has 10 heavy (non-hydrogen) atoms. The van der Waals surface area contributed by atoms with Gasteiger partial charge in [-0.3, -0.25) is 0 Å². The van der Waals surface area contributed by atoms with Gasteiger partial charge in [0.05, 0.1) is 6.61 Å². The molecule has 1 rings (SSSR count). The molecule has 0 amide bonds. The number of halogens is 1. The third kappa shape index (κ3) is 1.84. The summed E-state index contributed by atoms with van der Waals surface area (Å²) in [7, 11) is 1.75. The molecule has 0 aromatic heterocycles. The highest BCUT2D eigenvalue weighted by Crippen LogP contribution is 2.39. The van der Waals surface area contributed by atoms with Crippen molar-refractivity contribution in [2.45, 2.75) is 19.3 Å². The molecule has 0 bridgehead atoms. The van der Waals surface area contributed by atoms with Crippen LogP contribution in [0.1, 0.15) is 19.3 Å². The standard InChI is InChI=1S/C7H15NO.ClH/c1-9-6-7(5-8)3-2-4-7;/h2-6,8H2,1H3;1H. The number of hydrogen-bond acceptors (Lipinski definition) is 2. The van der Waals surface area contributed by atoms with Crippen LogP contribution in [0, 0.1) is 5.41 Å². The minimum absolute atomic E-state index is 0. The second-order valence-electron chi connectivity index (χ2n) is 2.99. The monoisotopic (exact) mass is 165 g/mol. The van der Waals surface area contributed by atoms with Gasteiger partial charge in [0.25, 0.3) is 0 Å². The average molecular weight is 166 g/mol. The maximum atomic E-state index is 5.57. The predicted molar refractivity (Wildman–Crippen MR) is 44.5 cm³/mol. The van der Waals surface area contributed by atoms with E-state index in [1.807, 2.05) is 0 Å². The third-order valence-corrected chi connectivity index (χ3v) is 2.30. The van der Waals surface area contributed by atoms with Crippen molar-refractivity contribution in [2.75, 3.05) is 20.3 Å². The van der Waals surface area contributed by atoms with Crippen LogP contribution in [0.3, 0.4) is 0 Å². The summed E-state index contributed by atoms with van der Waals surface area (Å²) in [6.45, 7) is 1.64. The normalized spacial score (nSPS) is 21.0. The molecule has 62 valence electrons. The molecule has 0 aliphatic heterocycles. The molecule has 0 aromatic carbocycles. The van der Waals surface area contributed by atoms with Crippen molar-refractivity contribution in [3.63, 3.8) is 0 Å². The molecule has 1 aliphatic rings. The Morgan fingerprint density at radius 3 is 2.20 bits per heavy atom. The van der Waals surface area contributed by atoms with Gasteiger partial charge in [0, 0.05) is 19.1 Å². The zero-order valence-corrected chi connectivity index (χ0v) is 7.25. The van der Waals surface area contributed by atoms with Crippen LogP contribution in [-0.4, -0.2) is 20.3 Å². The fourth-order valence-electron chi connectivity index (χ4n) is 1.39. The Morgan fingerprint density at radius 1 is 1.50 bits per heavy atom. The van der Waals surface area contributed by atoms with Crippen LogP contribution in [0.2, 0.25) is 0 Å². The number of ether oxygens (including phenoxy) is 1. The van der Waals surface area contributed by atoms with E-state index in [-0.39, 0.29) is 12.4 Å². The highest BCUT2D eigenvalue weighted by atomic mass is 35.5. The van der Waals surface area contributed by atoms with Crippen molar-refractivity contribution in [1.82, 2.24) is 0 Å². The molecule has 0 saturated heterocycles. The van der Waals surface area contributed by atoms with E-state index in [1.54, 1.807) is 7.11 Å². The summed E-state index contributed by atoms with van der Waals surface area (Å²) in [5.74, 6) is 0. The van der Waals surface area contributed by atoms with E-state index in [4.69, 9.17) is 10.5 Å². The van der Waals surface area contributed by atoms with E-state index in [0.717, 1.165) is 13.2 Å². The first kappa shape index (κ1) is 10.2. The lowest BCUT2D eigenvalue weighted by atomic mass is 9.69. The Labute approximate surface area is 68.5 Å². The predicted octanol–water partition coefficient (Wildman–Crippen LogP) is 1.18. The smallest absolute Gasteiger partial charge is 0.0530 e. The lowest BCUT2D eigenvalue weighted by Gasteiger charge is -2.40. The van der Waals surface area contributed by atoms with E-state index >= 15 is 0 Å². The molecule has 0 heterocycles. The van der Waals surface area contributed by atoms with E-state index in [9.17, 15) is 0 Å². The van der Waals surface area contributed by atoms with Gasteiger partial charge in [-0.1, -0.05) is 6.42 Å². The molecule has 0 aromatic rings. The second kappa shape index (κ2) is 4.16. The molecule has 2 N–H and O–H groups in total. The number of nitrogens with two attached hydrogens (primary N) is 1. The molecule has 1 fully saturated rings. The average Bonchev–Trinajstić information content (AvgIpc) is 1.79. The zero-order chi connectivity index (χ0) is 6.74. The minimum Gasteiger partial charge on any atom is -0.384 e. The molecule has 2 nitrogen and oxygen atoms in total. The summed E-state index contributed by atoms with van der Waals surface area (Å²) in [4.78, 5) is 0. The highest BCUT2D eigenvalue weighted by molar-refractivity contribution is 5.85. The Kier molecular flexibility index (Phi) is 4.25. The van der Waals surface area contributed by atoms with Crippen molar-refractivity contribution in [3.8, 4) is 0 Å². The summed E-state index contributed by atoms with van der Waals surface area (Å²) in [6, 6.07) is 0. The van der Waals surface area contributed by atoms with E-state index in [0.29, 0.717) is 5.41 Å². The van der Waals surface area contributed by atoms with Crippen molar-refractivity contribution in [1.29, 1.82) is 0 Å². The molecule has 0 unspecified atom stereocenters. The molecular weight excluding hydrogens is 150 g/mol. The quantitative estimate of drug-likeness (QED) is 0.682. The SMILES string of the molecule is COCC1(CN)CCC1.Cl. The summed E-state index contributed by atoms with van der Waals surface area (Å²) in [6.07, 6.45) is 3.86. The Balaban J connectivity index is 0.000000810. The van der Waals surface area contributed by atoms with Gasteiger partial charge in [0.15, 0.2) is 0 Å². The minimum atomic E-state index is 0. The first-order valence-corrected chi connectivity index (χ1v) is 3.52. The van der Waals surface area contributed by atoms with Gasteiger partial charge >= 0.3 is 0 Å². The summed E-state index contributed by atoms with van der Waals surface area (Å²) < 4.78 is 5.06. The van der Waals surface area contributed by atoms with Gasteiger partial charge in [-0.15, -0.1) is 12.4 Å². The molecule has 3 heteroatoms. The Bertz CT molecular complexity index is 88.1. The Hall–Kier alpha value is 0.210. The van der Waals surface area contributed by atoms with Crippen LogP contribution >= 0.6 is 12.4 Å². The first-order valence-electron chi connectivity index (χ1n) is 3.52. The van der Waals surface area contributed by atoms with Crippen molar-refractivity contribution >= 4 is 12.4 Å². The Morgan fingerprint density at radius 2 is 2.10 bits per heavy atom. The summed E-state index contributed by atoms with van der Waals surface area (Å²) >= 11 is 0. The van der Waals surface area contributed by atoms with Gasteiger partial charge < -0.3 is 10.5 Å². The van der Waals surface area contributed by atoms with Crippen LogP contribution in [0.4, 0.5) is 0 Å². The van der Waals surface area contributed by atoms with Crippen molar-refractivity contribution in [3.05, 3.63) is 0 Å². The molecule has 0 spiro atoms. The van der Waals surface area contributed by atoms with Gasteiger partial charge in [0.2, 0.25) is 0 Å². The van der Waals surface area contributed by atoms with Gasteiger partial charge in [0.1, 0.15) is 0 Å². The maximum absolute atomic E-state index is 5.57. The van der Waals surface area contributed by atoms with Crippen LogP contribution in [0.5, 0.6) is 0 Å². The molecule has 0 radical (unpaired) electrons. The number of methoxy groups -OCH3 is 1. The van der Waals surface area contributed by atoms with Crippen molar-refractivity contribution in [2.24, 2.45) is 11.1 Å². The van der Waals surface area contributed by atoms with Crippen LogP contribution in [-0.2, 0) is 4.74 Å². The highest BCUT2D eigenvalue weighted by Gasteiger charge is 2.35. The molecule has 1 aliphatic carbocycles. The van der Waals surface area contributed by atoms with E-state index in [2.05, 4.69) is 0 Å². The third-order valence-electron chi connectivity index (χ3n) is 2.30. The van der Waals surface area contributed by atoms with Gasteiger partial charge in [-0.05, 0) is 12.8 Å². The zero-order valence-electron chi connectivity index (χ0n) is 6.43. The van der Waals surface area contributed by atoms with E-state index in [1.165, 1.54) is 19.3 Å². The van der Waals surface area contributed by atoms with Crippen molar-refractivity contribution < 1.29 is 4.74 Å². The molecular formula is C7H16ClNO. The largest absolute Gasteiger partial charge is 0.384 e. The molecule has 0 atom stereocenters. The lowest BCUT2D eigenvalue weighted by molar-refractivity contribution is 0.0249. The van der Waals surface area contributed by atoms with Crippen LogP contribution in [0.15, 0.2) is 0 Å². The fourth-order valence-corrected chi connectivity index (χ4v) is 1.39. The summed E-state index contributed by atoms with van der Waals surface area (Å²) in [5, 5.41) is 0. The second-order valence-corrected chi connectivity index (χ2v) is 2.99. The summed E-state index contributed by atoms with van der Waals surface area (Å²) in [5.41, 5.74) is 5.94. The number of hydrogen-bond donors (Lipinski definition) is 1. The molecule has 1 saturated carbocycles.